The van der Waals surface area contributed by atoms with Gasteiger partial charge in [0.05, 0.1) is 7.11 Å². The Morgan fingerprint density at radius 3 is 2.17 bits per heavy atom. The van der Waals surface area contributed by atoms with Crippen molar-refractivity contribution >= 4 is 5.91 Å². The SMILES string of the molecule is COc1ccc(-c2ccc(C(=O)N(C)Cc3cccc(O[C@H]4C[C@H]5CC[C@@H](C4)N5C)c3)cc2)cc1. The van der Waals surface area contributed by atoms with E-state index in [1.807, 2.05) is 67.7 Å². The van der Waals surface area contributed by atoms with Crippen LogP contribution in [0.3, 0.4) is 0 Å². The van der Waals surface area contributed by atoms with E-state index in [1.54, 1.807) is 12.0 Å². The summed E-state index contributed by atoms with van der Waals surface area (Å²) < 4.78 is 11.6. The molecule has 2 aliphatic heterocycles. The van der Waals surface area contributed by atoms with Crippen LogP contribution in [0, 0.1) is 0 Å². The number of nitrogens with zero attached hydrogens (tertiary/aromatic N) is 2. The van der Waals surface area contributed by atoms with Gasteiger partial charge >= 0.3 is 0 Å². The van der Waals surface area contributed by atoms with E-state index in [0.717, 1.165) is 41.0 Å². The van der Waals surface area contributed by atoms with Gasteiger partial charge < -0.3 is 19.3 Å². The number of benzene rings is 3. The summed E-state index contributed by atoms with van der Waals surface area (Å²) in [6.07, 6.45) is 5.05. The van der Waals surface area contributed by atoms with Crippen LogP contribution in [-0.2, 0) is 6.54 Å². The molecule has 2 saturated heterocycles. The molecule has 3 aromatic carbocycles. The fourth-order valence-corrected chi connectivity index (χ4v) is 5.52. The largest absolute Gasteiger partial charge is 0.497 e. The maximum atomic E-state index is 13.1. The van der Waals surface area contributed by atoms with Gasteiger partial charge in [-0.2, -0.15) is 0 Å². The fourth-order valence-electron chi connectivity index (χ4n) is 5.52. The van der Waals surface area contributed by atoms with Crippen molar-refractivity contribution in [3.05, 3.63) is 83.9 Å². The predicted octanol–water partition coefficient (Wildman–Crippen LogP) is 5.64. The van der Waals surface area contributed by atoms with Gasteiger partial charge in [-0.1, -0.05) is 36.4 Å². The first-order valence-corrected chi connectivity index (χ1v) is 12.5. The minimum Gasteiger partial charge on any atom is -0.497 e. The van der Waals surface area contributed by atoms with Crippen molar-refractivity contribution < 1.29 is 14.3 Å². The van der Waals surface area contributed by atoms with E-state index in [1.165, 1.54) is 12.8 Å². The number of carbonyl (C=O) groups is 1. The molecule has 3 atom stereocenters. The van der Waals surface area contributed by atoms with Gasteiger partial charge in [-0.15, -0.1) is 0 Å². The molecule has 0 N–H and O–H groups in total. The van der Waals surface area contributed by atoms with E-state index in [2.05, 4.69) is 24.1 Å². The number of methoxy groups -OCH3 is 1. The lowest BCUT2D eigenvalue weighted by Gasteiger charge is -2.36. The van der Waals surface area contributed by atoms with Gasteiger partial charge in [0.15, 0.2) is 0 Å². The Balaban J connectivity index is 1.20. The molecule has 0 spiro atoms. The predicted molar refractivity (Wildman–Crippen MR) is 139 cm³/mol. The number of carbonyl (C=O) groups excluding carboxylic acids is 1. The third-order valence-corrected chi connectivity index (χ3v) is 7.58. The van der Waals surface area contributed by atoms with Crippen LogP contribution in [0.1, 0.15) is 41.6 Å². The molecule has 0 unspecified atom stereocenters. The Morgan fingerprint density at radius 1 is 0.914 bits per heavy atom. The fraction of sp³-hybridized carbons (Fsp3) is 0.367. The summed E-state index contributed by atoms with van der Waals surface area (Å²) in [7, 11) is 5.76. The summed E-state index contributed by atoms with van der Waals surface area (Å²) in [6, 6.07) is 25.2. The Bertz CT molecular complexity index is 1140. The molecule has 2 heterocycles. The molecule has 5 heteroatoms. The van der Waals surface area contributed by atoms with Gasteiger partial charge in [0, 0.05) is 31.2 Å². The van der Waals surface area contributed by atoms with E-state index >= 15 is 0 Å². The van der Waals surface area contributed by atoms with Crippen molar-refractivity contribution in [3.63, 3.8) is 0 Å². The highest BCUT2D eigenvalue weighted by Gasteiger charge is 2.39. The van der Waals surface area contributed by atoms with E-state index in [-0.39, 0.29) is 12.0 Å². The molecular weight excluding hydrogens is 436 g/mol. The monoisotopic (exact) mass is 470 g/mol. The molecule has 5 rings (SSSR count). The van der Waals surface area contributed by atoms with E-state index in [0.29, 0.717) is 24.2 Å². The Hall–Kier alpha value is -3.31. The van der Waals surface area contributed by atoms with Crippen LogP contribution in [0.15, 0.2) is 72.8 Å². The third-order valence-electron chi connectivity index (χ3n) is 7.58. The highest BCUT2D eigenvalue weighted by molar-refractivity contribution is 5.94. The molecule has 0 aliphatic carbocycles. The number of rotatable bonds is 7. The summed E-state index contributed by atoms with van der Waals surface area (Å²) >= 11 is 0. The Morgan fingerprint density at radius 2 is 1.54 bits per heavy atom. The molecule has 2 aliphatic rings. The molecular formula is C30H34N2O3. The van der Waals surface area contributed by atoms with E-state index in [9.17, 15) is 4.79 Å². The van der Waals surface area contributed by atoms with Crippen molar-refractivity contribution in [2.75, 3.05) is 21.2 Å². The molecule has 0 aromatic heterocycles. The van der Waals surface area contributed by atoms with Gasteiger partial charge in [0.2, 0.25) is 0 Å². The maximum absolute atomic E-state index is 13.1. The lowest BCUT2D eigenvalue weighted by atomic mass is 10.0. The van der Waals surface area contributed by atoms with E-state index in [4.69, 9.17) is 9.47 Å². The summed E-state index contributed by atoms with van der Waals surface area (Å²) in [4.78, 5) is 17.4. The second-order valence-electron chi connectivity index (χ2n) is 9.88. The first-order chi connectivity index (χ1) is 17.0. The minimum absolute atomic E-state index is 0.00416. The summed E-state index contributed by atoms with van der Waals surface area (Å²) in [6.45, 7) is 0.537. The lowest BCUT2D eigenvalue weighted by Crippen LogP contribution is -2.43. The minimum atomic E-state index is 0.00416. The van der Waals surface area contributed by atoms with Gasteiger partial charge in [0.25, 0.3) is 5.91 Å². The summed E-state index contributed by atoms with van der Waals surface area (Å²) in [5, 5.41) is 0. The van der Waals surface area contributed by atoms with Crippen molar-refractivity contribution in [1.82, 2.24) is 9.80 Å². The highest BCUT2D eigenvalue weighted by Crippen LogP contribution is 2.36. The summed E-state index contributed by atoms with van der Waals surface area (Å²) in [5.74, 6) is 1.74. The first-order valence-electron chi connectivity index (χ1n) is 12.5. The zero-order valence-corrected chi connectivity index (χ0v) is 20.8. The number of hydrogen-bond acceptors (Lipinski definition) is 4. The molecule has 1 amide bonds. The Labute approximate surface area is 208 Å². The van der Waals surface area contributed by atoms with Crippen LogP contribution in [0.5, 0.6) is 11.5 Å². The number of amides is 1. The van der Waals surface area contributed by atoms with Gasteiger partial charge in [0.1, 0.15) is 17.6 Å². The normalized spacial score (nSPS) is 21.5. The van der Waals surface area contributed by atoms with Gasteiger partial charge in [-0.3, -0.25) is 4.79 Å². The number of piperidine rings is 1. The quantitative estimate of drug-likeness (QED) is 0.448. The number of ether oxygens (including phenoxy) is 2. The zero-order chi connectivity index (χ0) is 24.4. The van der Waals surface area contributed by atoms with Crippen LogP contribution in [0.2, 0.25) is 0 Å². The molecule has 2 bridgehead atoms. The molecule has 0 saturated carbocycles. The summed E-state index contributed by atoms with van der Waals surface area (Å²) in [5.41, 5.74) is 3.91. The average Bonchev–Trinajstić information content (AvgIpc) is 3.08. The third kappa shape index (κ3) is 5.20. The van der Waals surface area contributed by atoms with Crippen LogP contribution >= 0.6 is 0 Å². The second kappa shape index (κ2) is 10.1. The smallest absolute Gasteiger partial charge is 0.253 e. The first kappa shape index (κ1) is 23.4. The molecule has 182 valence electrons. The van der Waals surface area contributed by atoms with Crippen molar-refractivity contribution in [2.24, 2.45) is 0 Å². The van der Waals surface area contributed by atoms with Gasteiger partial charge in [-0.25, -0.2) is 0 Å². The standard InChI is InChI=1S/C30H34N2O3/c1-31(30(33)24-9-7-22(8-10-24)23-11-15-27(34-3)16-12-23)20-21-5-4-6-28(17-21)35-29-18-25-13-14-26(19-29)32(25)2/h4-12,15-17,25-26,29H,13-14,18-20H2,1-3H3/t25-,26+,29+. The van der Waals surface area contributed by atoms with Crippen LogP contribution in [-0.4, -0.2) is 55.1 Å². The van der Waals surface area contributed by atoms with E-state index < -0.39 is 0 Å². The average molecular weight is 471 g/mol. The van der Waals surface area contributed by atoms with Crippen LogP contribution in [0.4, 0.5) is 0 Å². The molecule has 3 aromatic rings. The van der Waals surface area contributed by atoms with Crippen molar-refractivity contribution in [2.45, 2.75) is 50.4 Å². The molecule has 0 radical (unpaired) electrons. The maximum Gasteiger partial charge on any atom is 0.253 e. The zero-order valence-electron chi connectivity index (χ0n) is 20.8. The number of fused-ring (bicyclic) bond motifs is 2. The molecule has 35 heavy (non-hydrogen) atoms. The molecule has 2 fully saturated rings. The Kier molecular flexibility index (Phi) is 6.78. The van der Waals surface area contributed by atoms with Crippen molar-refractivity contribution in [3.8, 4) is 22.6 Å². The second-order valence-corrected chi connectivity index (χ2v) is 9.88. The molecule has 5 nitrogen and oxygen atoms in total. The highest BCUT2D eigenvalue weighted by atomic mass is 16.5. The van der Waals surface area contributed by atoms with Crippen LogP contribution in [0.25, 0.3) is 11.1 Å². The van der Waals surface area contributed by atoms with Gasteiger partial charge in [-0.05, 0) is 85.8 Å². The number of hydrogen-bond donors (Lipinski definition) is 0. The van der Waals surface area contributed by atoms with Crippen molar-refractivity contribution in [1.29, 1.82) is 0 Å². The lowest BCUT2D eigenvalue weighted by molar-refractivity contribution is 0.0659. The van der Waals surface area contributed by atoms with Crippen LogP contribution < -0.4 is 9.47 Å². The topological polar surface area (TPSA) is 42.0 Å².